The molecule has 0 spiro atoms. The molecular weight excluding hydrogens is 276 g/mol. The zero-order valence-electron chi connectivity index (χ0n) is 12.2. The molecule has 1 aromatic rings. The number of nitrogens with zero attached hydrogens (tertiary/aromatic N) is 2. The van der Waals surface area contributed by atoms with Gasteiger partial charge in [-0.1, -0.05) is 0 Å². The molecule has 20 heavy (non-hydrogen) atoms. The summed E-state index contributed by atoms with van der Waals surface area (Å²) < 4.78 is 5.59. The average molecular weight is 298 g/mol. The monoisotopic (exact) mass is 298 g/mol. The highest BCUT2D eigenvalue weighted by molar-refractivity contribution is 7.09. The second kappa shape index (κ2) is 6.65. The highest BCUT2D eigenvalue weighted by Gasteiger charge is 2.26. The summed E-state index contributed by atoms with van der Waals surface area (Å²) in [7, 11) is 0. The van der Waals surface area contributed by atoms with Crippen molar-refractivity contribution in [1.29, 1.82) is 0 Å². The second-order valence-corrected chi connectivity index (χ2v) is 6.36. The number of carbonyl (C=O) groups is 1. The van der Waals surface area contributed by atoms with Gasteiger partial charge in [-0.25, -0.2) is 4.98 Å². The lowest BCUT2D eigenvalue weighted by molar-refractivity contribution is 0.0572. The van der Waals surface area contributed by atoms with Crippen molar-refractivity contribution in [3.8, 4) is 0 Å². The number of amides is 1. The van der Waals surface area contributed by atoms with Crippen molar-refractivity contribution < 1.29 is 14.6 Å². The molecule has 112 valence electrons. The molecule has 6 heteroatoms. The molecule has 1 aromatic heterocycles. The molecule has 1 saturated heterocycles. The smallest absolute Gasteiger partial charge is 0.273 e. The van der Waals surface area contributed by atoms with Crippen LogP contribution in [0.5, 0.6) is 0 Å². The number of hydrogen-bond donors (Lipinski definition) is 1. The van der Waals surface area contributed by atoms with E-state index in [-0.39, 0.29) is 18.1 Å². The fraction of sp³-hybridized carbons (Fsp3) is 0.714. The Morgan fingerprint density at radius 2 is 2.35 bits per heavy atom. The van der Waals surface area contributed by atoms with Gasteiger partial charge in [0, 0.05) is 24.6 Å². The van der Waals surface area contributed by atoms with Crippen molar-refractivity contribution in [2.45, 2.75) is 51.9 Å². The number of hydrogen-bond acceptors (Lipinski definition) is 5. The van der Waals surface area contributed by atoms with Gasteiger partial charge in [0.25, 0.3) is 5.91 Å². The molecule has 0 aliphatic carbocycles. The molecule has 1 aliphatic rings. The van der Waals surface area contributed by atoms with E-state index in [1.807, 2.05) is 13.8 Å². The Kier molecular flexibility index (Phi) is 5.12. The van der Waals surface area contributed by atoms with Crippen LogP contribution in [0.1, 0.15) is 55.2 Å². The third-order valence-electron chi connectivity index (χ3n) is 3.29. The molecule has 2 heterocycles. The first-order chi connectivity index (χ1) is 9.49. The summed E-state index contributed by atoms with van der Waals surface area (Å²) in [5.41, 5.74) is 0.454. The molecule has 2 atom stereocenters. The molecule has 0 saturated carbocycles. The minimum atomic E-state index is -0.544. The van der Waals surface area contributed by atoms with Gasteiger partial charge in [-0.05, 0) is 33.6 Å². The SMILES string of the molecule is CC(O)CN(C(=O)c1csc(C2CCCO2)n1)C(C)C. The Bertz CT molecular complexity index is 453. The number of ether oxygens (including phenoxy) is 1. The highest BCUT2D eigenvalue weighted by Crippen LogP contribution is 2.30. The van der Waals surface area contributed by atoms with E-state index in [1.165, 1.54) is 11.3 Å². The summed E-state index contributed by atoms with van der Waals surface area (Å²) in [6, 6.07) is 0.0324. The van der Waals surface area contributed by atoms with Crippen LogP contribution in [0.4, 0.5) is 0 Å². The molecule has 1 fully saturated rings. The van der Waals surface area contributed by atoms with Crippen LogP contribution < -0.4 is 0 Å². The topological polar surface area (TPSA) is 62.7 Å². The van der Waals surface area contributed by atoms with E-state index in [0.29, 0.717) is 12.2 Å². The van der Waals surface area contributed by atoms with E-state index in [4.69, 9.17) is 4.74 Å². The predicted molar refractivity (Wildman–Crippen MR) is 77.9 cm³/mol. The van der Waals surface area contributed by atoms with Crippen LogP contribution in [-0.2, 0) is 4.74 Å². The maximum absolute atomic E-state index is 12.5. The molecule has 0 radical (unpaired) electrons. The Balaban J connectivity index is 2.10. The van der Waals surface area contributed by atoms with Crippen LogP contribution >= 0.6 is 11.3 Å². The van der Waals surface area contributed by atoms with Crippen LogP contribution in [0.3, 0.4) is 0 Å². The van der Waals surface area contributed by atoms with Crippen LogP contribution in [0.15, 0.2) is 5.38 Å². The van der Waals surface area contributed by atoms with Crippen molar-refractivity contribution in [1.82, 2.24) is 9.88 Å². The number of thiazole rings is 1. The zero-order valence-corrected chi connectivity index (χ0v) is 13.0. The second-order valence-electron chi connectivity index (χ2n) is 5.47. The lowest BCUT2D eigenvalue weighted by Gasteiger charge is -2.27. The normalized spacial score (nSPS) is 20.4. The summed E-state index contributed by atoms with van der Waals surface area (Å²) in [6.45, 7) is 6.65. The van der Waals surface area contributed by atoms with Gasteiger partial charge in [0.15, 0.2) is 0 Å². The summed E-state index contributed by atoms with van der Waals surface area (Å²) >= 11 is 1.48. The Morgan fingerprint density at radius 3 is 2.90 bits per heavy atom. The molecule has 0 aromatic carbocycles. The molecule has 2 unspecified atom stereocenters. The average Bonchev–Trinajstić information content (AvgIpc) is 3.04. The fourth-order valence-electron chi connectivity index (χ4n) is 2.27. The molecule has 1 aliphatic heterocycles. The molecule has 0 bridgehead atoms. The Morgan fingerprint density at radius 1 is 1.60 bits per heavy atom. The zero-order chi connectivity index (χ0) is 14.7. The van der Waals surface area contributed by atoms with E-state index in [0.717, 1.165) is 24.5 Å². The number of aliphatic hydroxyl groups excluding tert-OH is 1. The number of aromatic nitrogens is 1. The number of aliphatic hydroxyl groups is 1. The minimum Gasteiger partial charge on any atom is -0.392 e. The van der Waals surface area contributed by atoms with Crippen LogP contribution in [0.2, 0.25) is 0 Å². The standard InChI is InChI=1S/C14H22N2O3S/c1-9(2)16(7-10(3)17)14(18)11-8-20-13(15-11)12-5-4-6-19-12/h8-10,12,17H,4-7H2,1-3H3. The Hall–Kier alpha value is -0.980. The predicted octanol–water partition coefficient (Wildman–Crippen LogP) is 2.23. The maximum Gasteiger partial charge on any atom is 0.273 e. The van der Waals surface area contributed by atoms with Crippen LogP contribution in [0, 0.1) is 0 Å². The van der Waals surface area contributed by atoms with Gasteiger partial charge in [-0.2, -0.15) is 0 Å². The van der Waals surface area contributed by atoms with E-state index >= 15 is 0 Å². The van der Waals surface area contributed by atoms with Crippen LogP contribution in [0.25, 0.3) is 0 Å². The largest absolute Gasteiger partial charge is 0.392 e. The first kappa shape index (κ1) is 15.4. The molecule has 2 rings (SSSR count). The summed E-state index contributed by atoms with van der Waals surface area (Å²) in [5.74, 6) is -0.124. The quantitative estimate of drug-likeness (QED) is 0.905. The highest BCUT2D eigenvalue weighted by atomic mass is 32.1. The maximum atomic E-state index is 12.5. The van der Waals surface area contributed by atoms with Gasteiger partial charge in [0.05, 0.1) is 6.10 Å². The van der Waals surface area contributed by atoms with Gasteiger partial charge in [-0.15, -0.1) is 11.3 Å². The number of rotatable bonds is 5. The van der Waals surface area contributed by atoms with E-state index in [1.54, 1.807) is 17.2 Å². The van der Waals surface area contributed by atoms with Crippen LogP contribution in [-0.4, -0.2) is 46.2 Å². The van der Waals surface area contributed by atoms with Crippen molar-refractivity contribution in [2.75, 3.05) is 13.2 Å². The summed E-state index contributed by atoms with van der Waals surface area (Å²) in [4.78, 5) is 18.5. The van der Waals surface area contributed by atoms with Crippen molar-refractivity contribution in [3.05, 3.63) is 16.1 Å². The third-order valence-corrected chi connectivity index (χ3v) is 4.23. The molecule has 1 amide bonds. The van der Waals surface area contributed by atoms with Crippen molar-refractivity contribution in [3.63, 3.8) is 0 Å². The summed E-state index contributed by atoms with van der Waals surface area (Å²) in [5, 5.41) is 12.2. The molecular formula is C14H22N2O3S. The first-order valence-electron chi connectivity index (χ1n) is 7.05. The van der Waals surface area contributed by atoms with Gasteiger partial charge < -0.3 is 14.7 Å². The molecule has 5 nitrogen and oxygen atoms in total. The van der Waals surface area contributed by atoms with Gasteiger partial charge in [0.2, 0.25) is 0 Å². The number of carbonyl (C=O) groups excluding carboxylic acids is 1. The fourth-order valence-corrected chi connectivity index (χ4v) is 3.14. The van der Waals surface area contributed by atoms with E-state index in [9.17, 15) is 9.90 Å². The van der Waals surface area contributed by atoms with Gasteiger partial charge in [-0.3, -0.25) is 4.79 Å². The lowest BCUT2D eigenvalue weighted by atomic mass is 10.2. The lowest BCUT2D eigenvalue weighted by Crippen LogP contribution is -2.41. The minimum absolute atomic E-state index is 0.0324. The van der Waals surface area contributed by atoms with Crippen molar-refractivity contribution >= 4 is 17.2 Å². The van der Waals surface area contributed by atoms with E-state index < -0.39 is 6.10 Å². The van der Waals surface area contributed by atoms with Gasteiger partial charge in [0.1, 0.15) is 16.8 Å². The Labute approximate surface area is 123 Å². The van der Waals surface area contributed by atoms with Crippen molar-refractivity contribution in [2.24, 2.45) is 0 Å². The molecule has 1 N–H and O–H groups in total. The third kappa shape index (κ3) is 3.56. The van der Waals surface area contributed by atoms with Gasteiger partial charge >= 0.3 is 0 Å². The first-order valence-corrected chi connectivity index (χ1v) is 7.93. The summed E-state index contributed by atoms with van der Waals surface area (Å²) in [6.07, 6.45) is 1.53. The van der Waals surface area contributed by atoms with E-state index in [2.05, 4.69) is 4.98 Å².